The first-order chi connectivity index (χ1) is 13.7. The van der Waals surface area contributed by atoms with Gasteiger partial charge < -0.3 is 10.3 Å². The number of imidazole rings is 1. The monoisotopic (exact) mass is 388 g/mol. The molecule has 2 N–H and O–H groups in total. The van der Waals surface area contributed by atoms with Crippen molar-refractivity contribution < 1.29 is 4.79 Å². The van der Waals surface area contributed by atoms with E-state index >= 15 is 0 Å². The number of hydrogen-bond acceptors (Lipinski definition) is 5. The minimum atomic E-state index is -0.190. The van der Waals surface area contributed by atoms with Crippen molar-refractivity contribution in [2.45, 2.75) is 13.5 Å². The molecule has 0 radical (unpaired) electrons. The Morgan fingerprint density at radius 3 is 2.93 bits per heavy atom. The summed E-state index contributed by atoms with van der Waals surface area (Å²) >= 11 is 1.63. The second-order valence-corrected chi connectivity index (χ2v) is 7.31. The number of nitrogens with zero attached hydrogens (tertiary/aromatic N) is 4. The zero-order chi connectivity index (χ0) is 19.1. The van der Waals surface area contributed by atoms with E-state index in [4.69, 9.17) is 0 Å². The van der Waals surface area contributed by atoms with Crippen LogP contribution in [0.5, 0.6) is 0 Å². The molecule has 0 aliphatic heterocycles. The second-order valence-electron chi connectivity index (χ2n) is 6.36. The summed E-state index contributed by atoms with van der Waals surface area (Å²) in [6.45, 7) is 2.74. The molecule has 7 nitrogen and oxygen atoms in total. The maximum absolute atomic E-state index is 12.7. The van der Waals surface area contributed by atoms with E-state index < -0.39 is 0 Å². The van der Waals surface area contributed by atoms with Gasteiger partial charge in [0, 0.05) is 17.8 Å². The Kier molecular flexibility index (Phi) is 3.91. The summed E-state index contributed by atoms with van der Waals surface area (Å²) in [7, 11) is 0. The summed E-state index contributed by atoms with van der Waals surface area (Å²) in [4.78, 5) is 21.7. The fourth-order valence-electron chi connectivity index (χ4n) is 3.17. The highest BCUT2D eigenvalue weighted by Gasteiger charge is 2.12. The van der Waals surface area contributed by atoms with Gasteiger partial charge in [-0.1, -0.05) is 11.3 Å². The molecule has 0 aliphatic rings. The number of nitrogens with one attached hydrogen (secondary N) is 2. The molecule has 0 atom stereocenters. The lowest BCUT2D eigenvalue weighted by atomic mass is 10.1. The van der Waals surface area contributed by atoms with E-state index in [-0.39, 0.29) is 5.91 Å². The van der Waals surface area contributed by atoms with Crippen LogP contribution in [0.3, 0.4) is 0 Å². The average Bonchev–Trinajstić information content (AvgIpc) is 3.45. The predicted molar refractivity (Wildman–Crippen MR) is 111 cm³/mol. The first kappa shape index (κ1) is 16.6. The number of benzene rings is 2. The van der Waals surface area contributed by atoms with E-state index in [1.165, 1.54) is 0 Å². The molecule has 0 saturated heterocycles. The van der Waals surface area contributed by atoms with Crippen LogP contribution >= 0.6 is 11.3 Å². The Bertz CT molecular complexity index is 1300. The summed E-state index contributed by atoms with van der Waals surface area (Å²) < 4.78 is 1.80. The number of hydrogen-bond donors (Lipinski definition) is 2. The van der Waals surface area contributed by atoms with Crippen LogP contribution in [0.1, 0.15) is 17.3 Å². The topological polar surface area (TPSA) is 88.5 Å². The summed E-state index contributed by atoms with van der Waals surface area (Å²) in [5.74, 6) is 0.642. The van der Waals surface area contributed by atoms with Crippen LogP contribution in [0, 0.1) is 0 Å². The highest BCUT2D eigenvalue weighted by Crippen LogP contribution is 2.26. The third-order valence-corrected chi connectivity index (χ3v) is 5.45. The minimum absolute atomic E-state index is 0.190. The number of aromatic amines is 1. The second kappa shape index (κ2) is 6.58. The normalized spacial score (nSPS) is 11.3. The van der Waals surface area contributed by atoms with Crippen LogP contribution in [-0.2, 0) is 6.54 Å². The van der Waals surface area contributed by atoms with Gasteiger partial charge in [0.1, 0.15) is 11.3 Å². The predicted octanol–water partition coefficient (Wildman–Crippen LogP) is 4.31. The molecule has 3 heterocycles. The molecule has 2 aromatic carbocycles. The van der Waals surface area contributed by atoms with Gasteiger partial charge in [0.05, 0.1) is 21.4 Å². The lowest BCUT2D eigenvalue weighted by molar-refractivity contribution is 0.102. The van der Waals surface area contributed by atoms with Crippen molar-refractivity contribution in [2.24, 2.45) is 0 Å². The lowest BCUT2D eigenvalue weighted by Gasteiger charge is -2.05. The molecule has 8 heteroatoms. The largest absolute Gasteiger partial charge is 0.337 e. The number of carbonyl (C=O) groups excluding carboxylic acids is 1. The standard InChI is InChI=1S/C20H16N6OS/c1-2-26-17-8-5-12(10-16(17)24-25-26)20(27)21-13-6-7-14-15(11-13)23-19(22-14)18-4-3-9-28-18/h3-11H,2H2,1H3,(H,21,27)(H,22,23). The molecule has 0 unspecified atom stereocenters. The number of anilines is 1. The van der Waals surface area contributed by atoms with Gasteiger partial charge in [0.15, 0.2) is 0 Å². The Morgan fingerprint density at radius 2 is 2.11 bits per heavy atom. The molecular weight excluding hydrogens is 372 g/mol. The molecule has 5 rings (SSSR count). The summed E-state index contributed by atoms with van der Waals surface area (Å²) in [5.41, 5.74) is 4.61. The van der Waals surface area contributed by atoms with E-state index in [0.29, 0.717) is 16.8 Å². The Morgan fingerprint density at radius 1 is 1.18 bits per heavy atom. The summed E-state index contributed by atoms with van der Waals surface area (Å²) in [6, 6.07) is 15.1. The molecule has 0 saturated carbocycles. The third kappa shape index (κ3) is 2.84. The van der Waals surface area contributed by atoms with Crippen LogP contribution in [-0.4, -0.2) is 30.9 Å². The number of aromatic nitrogens is 5. The maximum Gasteiger partial charge on any atom is 0.255 e. The first-order valence-electron chi connectivity index (χ1n) is 8.89. The summed E-state index contributed by atoms with van der Waals surface area (Å²) in [5, 5.41) is 13.2. The van der Waals surface area contributed by atoms with Crippen molar-refractivity contribution in [2.75, 3.05) is 5.32 Å². The van der Waals surface area contributed by atoms with Crippen LogP contribution in [0.15, 0.2) is 53.9 Å². The molecule has 3 aromatic heterocycles. The third-order valence-electron chi connectivity index (χ3n) is 4.57. The zero-order valence-electron chi connectivity index (χ0n) is 15.0. The van der Waals surface area contributed by atoms with E-state index in [2.05, 4.69) is 25.6 Å². The Hall–Kier alpha value is -3.52. The molecule has 28 heavy (non-hydrogen) atoms. The molecule has 0 spiro atoms. The Balaban J connectivity index is 1.42. The van der Waals surface area contributed by atoms with E-state index in [9.17, 15) is 4.79 Å². The lowest BCUT2D eigenvalue weighted by Crippen LogP contribution is -2.11. The average molecular weight is 388 g/mol. The van der Waals surface area contributed by atoms with Gasteiger partial charge in [0.2, 0.25) is 0 Å². The van der Waals surface area contributed by atoms with E-state index in [1.807, 2.05) is 48.7 Å². The number of fused-ring (bicyclic) bond motifs is 2. The number of thiophene rings is 1. The van der Waals surface area contributed by atoms with Gasteiger partial charge in [0.25, 0.3) is 5.91 Å². The maximum atomic E-state index is 12.7. The smallest absolute Gasteiger partial charge is 0.255 e. The zero-order valence-corrected chi connectivity index (χ0v) is 15.8. The number of H-pyrrole nitrogens is 1. The number of carbonyl (C=O) groups is 1. The fourth-order valence-corrected chi connectivity index (χ4v) is 3.84. The molecule has 0 bridgehead atoms. The fraction of sp³-hybridized carbons (Fsp3) is 0.100. The highest BCUT2D eigenvalue weighted by molar-refractivity contribution is 7.13. The summed E-state index contributed by atoms with van der Waals surface area (Å²) in [6.07, 6.45) is 0. The van der Waals surface area contributed by atoms with Gasteiger partial charge in [-0.3, -0.25) is 4.79 Å². The van der Waals surface area contributed by atoms with Crippen molar-refractivity contribution >= 4 is 45.0 Å². The van der Waals surface area contributed by atoms with Gasteiger partial charge in [-0.15, -0.1) is 16.4 Å². The number of aryl methyl sites for hydroxylation is 1. The molecular formula is C20H16N6OS. The van der Waals surface area contributed by atoms with Crippen LogP contribution in [0.25, 0.3) is 32.8 Å². The van der Waals surface area contributed by atoms with Crippen molar-refractivity contribution in [3.05, 3.63) is 59.5 Å². The van der Waals surface area contributed by atoms with Gasteiger partial charge in [-0.05, 0) is 54.8 Å². The van der Waals surface area contributed by atoms with Crippen LogP contribution < -0.4 is 5.32 Å². The number of amides is 1. The van der Waals surface area contributed by atoms with E-state index in [1.54, 1.807) is 28.2 Å². The molecule has 138 valence electrons. The molecule has 0 aliphatic carbocycles. The van der Waals surface area contributed by atoms with E-state index in [0.717, 1.165) is 33.8 Å². The number of rotatable bonds is 4. The van der Waals surface area contributed by atoms with Crippen molar-refractivity contribution in [3.63, 3.8) is 0 Å². The highest BCUT2D eigenvalue weighted by atomic mass is 32.1. The van der Waals surface area contributed by atoms with Crippen molar-refractivity contribution in [1.82, 2.24) is 25.0 Å². The molecule has 1 amide bonds. The molecule has 0 fully saturated rings. The van der Waals surface area contributed by atoms with Crippen LogP contribution in [0.4, 0.5) is 5.69 Å². The van der Waals surface area contributed by atoms with Gasteiger partial charge in [-0.25, -0.2) is 9.67 Å². The van der Waals surface area contributed by atoms with Crippen LogP contribution in [0.2, 0.25) is 0 Å². The first-order valence-corrected chi connectivity index (χ1v) is 9.77. The van der Waals surface area contributed by atoms with Gasteiger partial charge >= 0.3 is 0 Å². The molecule has 5 aromatic rings. The SMILES string of the molecule is CCn1nnc2cc(C(=O)Nc3ccc4nc(-c5cccs5)[nH]c4c3)ccc21. The van der Waals surface area contributed by atoms with Crippen molar-refractivity contribution in [1.29, 1.82) is 0 Å². The van der Waals surface area contributed by atoms with Crippen molar-refractivity contribution in [3.8, 4) is 10.7 Å². The Labute approximate surface area is 164 Å². The van der Waals surface area contributed by atoms with Gasteiger partial charge in [-0.2, -0.15) is 0 Å². The minimum Gasteiger partial charge on any atom is -0.337 e. The quantitative estimate of drug-likeness (QED) is 0.480.